The summed E-state index contributed by atoms with van der Waals surface area (Å²) in [6.07, 6.45) is 2.12. The van der Waals surface area contributed by atoms with Gasteiger partial charge < -0.3 is 19.5 Å². The zero-order valence-electron chi connectivity index (χ0n) is 16.5. The number of carbonyl (C=O) groups excluding carboxylic acids is 1. The molecule has 1 fully saturated rings. The predicted molar refractivity (Wildman–Crippen MR) is 104 cm³/mol. The average molecular weight is 372 g/mol. The summed E-state index contributed by atoms with van der Waals surface area (Å²) in [6.45, 7) is 8.12. The van der Waals surface area contributed by atoms with Crippen LogP contribution < -0.4 is 15.0 Å². The Morgan fingerprint density at radius 1 is 1.41 bits per heavy atom. The molecule has 1 aromatic heterocycles. The number of ether oxygens (including phenoxy) is 1. The molecule has 1 aliphatic heterocycles. The van der Waals surface area contributed by atoms with Crippen LogP contribution in [-0.2, 0) is 4.79 Å². The highest BCUT2D eigenvalue weighted by Gasteiger charge is 2.26. The number of nitrogens with one attached hydrogen (secondary N) is 1. The molecule has 0 saturated carbocycles. The highest BCUT2D eigenvalue weighted by molar-refractivity contribution is 5.81. The van der Waals surface area contributed by atoms with Crippen LogP contribution in [0, 0.1) is 11.3 Å². The topological polar surface area (TPSA) is 80.5 Å². The minimum Gasteiger partial charge on any atom is -0.497 e. The fourth-order valence-corrected chi connectivity index (χ4v) is 3.13. The van der Waals surface area contributed by atoms with E-state index in [2.05, 4.69) is 20.4 Å². The highest BCUT2D eigenvalue weighted by Crippen LogP contribution is 2.26. The number of amides is 1. The van der Waals surface area contributed by atoms with Gasteiger partial charge in [-0.25, -0.2) is 0 Å². The van der Waals surface area contributed by atoms with Gasteiger partial charge in [0.05, 0.1) is 7.11 Å². The monoisotopic (exact) mass is 372 g/mol. The maximum atomic E-state index is 12.1. The fraction of sp³-hybridized carbons (Fsp3) is 0.550. The van der Waals surface area contributed by atoms with Crippen molar-refractivity contribution in [2.45, 2.75) is 33.6 Å². The van der Waals surface area contributed by atoms with Gasteiger partial charge in [-0.1, -0.05) is 38.1 Å². The van der Waals surface area contributed by atoms with Crippen LogP contribution in [-0.4, -0.2) is 42.8 Å². The number of hydrogen-bond donors (Lipinski definition) is 1. The summed E-state index contributed by atoms with van der Waals surface area (Å²) >= 11 is 0. The van der Waals surface area contributed by atoms with Crippen LogP contribution in [0.1, 0.15) is 33.6 Å². The number of anilines is 1. The summed E-state index contributed by atoms with van der Waals surface area (Å²) in [5, 5.41) is 7.18. The van der Waals surface area contributed by atoms with Gasteiger partial charge in [0.15, 0.2) is 0 Å². The Labute approximate surface area is 160 Å². The lowest BCUT2D eigenvalue weighted by Crippen LogP contribution is -2.43. The van der Waals surface area contributed by atoms with Crippen LogP contribution in [0.4, 0.5) is 6.01 Å². The van der Waals surface area contributed by atoms with E-state index in [1.807, 2.05) is 45.0 Å². The lowest BCUT2D eigenvalue weighted by Gasteiger charge is -2.32. The zero-order chi connectivity index (χ0) is 19.4. The van der Waals surface area contributed by atoms with E-state index in [0.717, 1.165) is 37.2 Å². The van der Waals surface area contributed by atoms with Crippen LogP contribution in [0.15, 0.2) is 28.8 Å². The first-order valence-corrected chi connectivity index (χ1v) is 9.38. The molecule has 1 atom stereocenters. The first-order valence-electron chi connectivity index (χ1n) is 9.38. The summed E-state index contributed by atoms with van der Waals surface area (Å²) in [5.41, 5.74) is 0.488. The van der Waals surface area contributed by atoms with E-state index >= 15 is 0 Å². The minimum absolute atomic E-state index is 0.0812. The lowest BCUT2D eigenvalue weighted by atomic mass is 9.94. The van der Waals surface area contributed by atoms with Crippen molar-refractivity contribution in [1.29, 1.82) is 0 Å². The van der Waals surface area contributed by atoms with E-state index in [1.165, 1.54) is 0 Å². The van der Waals surface area contributed by atoms with Gasteiger partial charge in [0.1, 0.15) is 5.75 Å². The van der Waals surface area contributed by atoms with Crippen LogP contribution in [0.5, 0.6) is 5.75 Å². The van der Waals surface area contributed by atoms with Crippen molar-refractivity contribution in [3.05, 3.63) is 24.3 Å². The minimum atomic E-state index is -0.369. The van der Waals surface area contributed by atoms with Crippen LogP contribution in [0.25, 0.3) is 11.4 Å². The SMILES string of the molecule is COc1cccc(-c2noc(N3CCCC(CNC(=O)C(C)(C)C)C3)n2)c1. The van der Waals surface area contributed by atoms with Gasteiger partial charge in [-0.15, -0.1) is 0 Å². The molecule has 7 heteroatoms. The number of aromatic nitrogens is 2. The lowest BCUT2D eigenvalue weighted by molar-refractivity contribution is -0.128. The molecule has 0 aliphatic carbocycles. The molecule has 0 radical (unpaired) electrons. The molecule has 1 saturated heterocycles. The van der Waals surface area contributed by atoms with Crippen molar-refractivity contribution in [3.63, 3.8) is 0 Å². The van der Waals surface area contributed by atoms with Crippen molar-refractivity contribution in [1.82, 2.24) is 15.5 Å². The normalized spacial score (nSPS) is 17.6. The maximum absolute atomic E-state index is 12.1. The summed E-state index contributed by atoms with van der Waals surface area (Å²) in [6, 6.07) is 8.12. The Hall–Kier alpha value is -2.57. The maximum Gasteiger partial charge on any atom is 0.324 e. The second-order valence-corrected chi connectivity index (χ2v) is 8.05. The third-order valence-corrected chi connectivity index (χ3v) is 4.77. The molecule has 27 heavy (non-hydrogen) atoms. The fourth-order valence-electron chi connectivity index (χ4n) is 3.13. The van der Waals surface area contributed by atoms with E-state index in [1.54, 1.807) is 7.11 Å². The molecule has 2 aromatic rings. The number of methoxy groups -OCH3 is 1. The molecular formula is C20H28N4O3. The molecule has 1 N–H and O–H groups in total. The van der Waals surface area contributed by atoms with E-state index in [0.29, 0.717) is 24.3 Å². The second kappa shape index (κ2) is 7.98. The van der Waals surface area contributed by atoms with Gasteiger partial charge in [0, 0.05) is 30.6 Å². The molecule has 3 rings (SSSR count). The van der Waals surface area contributed by atoms with E-state index in [9.17, 15) is 4.79 Å². The van der Waals surface area contributed by atoms with Crippen molar-refractivity contribution >= 4 is 11.9 Å². The van der Waals surface area contributed by atoms with Crippen molar-refractivity contribution in [2.75, 3.05) is 31.6 Å². The Balaban J connectivity index is 1.63. The number of rotatable bonds is 5. The van der Waals surface area contributed by atoms with E-state index in [-0.39, 0.29) is 11.3 Å². The quantitative estimate of drug-likeness (QED) is 0.868. The number of carbonyl (C=O) groups is 1. The third-order valence-electron chi connectivity index (χ3n) is 4.77. The van der Waals surface area contributed by atoms with Crippen molar-refractivity contribution in [3.8, 4) is 17.1 Å². The number of benzene rings is 1. The summed E-state index contributed by atoms with van der Waals surface area (Å²) in [4.78, 5) is 18.8. The van der Waals surface area contributed by atoms with Gasteiger partial charge in [-0.2, -0.15) is 4.98 Å². The summed E-state index contributed by atoms with van der Waals surface area (Å²) in [5.74, 6) is 1.76. The largest absolute Gasteiger partial charge is 0.497 e. The molecule has 0 bridgehead atoms. The van der Waals surface area contributed by atoms with Gasteiger partial charge in [0.2, 0.25) is 11.7 Å². The highest BCUT2D eigenvalue weighted by atomic mass is 16.5. The molecular weight excluding hydrogens is 344 g/mol. The van der Waals surface area contributed by atoms with Crippen LogP contribution in [0.2, 0.25) is 0 Å². The smallest absolute Gasteiger partial charge is 0.324 e. The number of piperidine rings is 1. The molecule has 0 spiro atoms. The first-order chi connectivity index (χ1) is 12.9. The Kier molecular flexibility index (Phi) is 5.68. The molecule has 2 heterocycles. The average Bonchev–Trinajstić information content (AvgIpc) is 3.16. The molecule has 1 aliphatic rings. The van der Waals surface area contributed by atoms with Crippen LogP contribution in [0.3, 0.4) is 0 Å². The second-order valence-electron chi connectivity index (χ2n) is 8.05. The Morgan fingerprint density at radius 2 is 2.22 bits per heavy atom. The molecule has 7 nitrogen and oxygen atoms in total. The molecule has 1 amide bonds. The molecule has 146 valence electrons. The zero-order valence-corrected chi connectivity index (χ0v) is 16.5. The van der Waals surface area contributed by atoms with Gasteiger partial charge >= 0.3 is 6.01 Å². The van der Waals surface area contributed by atoms with Gasteiger partial charge in [0.25, 0.3) is 0 Å². The number of hydrogen-bond acceptors (Lipinski definition) is 6. The van der Waals surface area contributed by atoms with E-state index in [4.69, 9.17) is 9.26 Å². The first kappa shape index (κ1) is 19.2. The van der Waals surface area contributed by atoms with Gasteiger partial charge in [-0.05, 0) is 30.9 Å². The summed E-state index contributed by atoms with van der Waals surface area (Å²) in [7, 11) is 1.63. The standard InChI is InChI=1S/C20H28N4O3/c1-20(2,3)18(25)21-12-14-7-6-10-24(13-14)19-22-17(23-27-19)15-8-5-9-16(11-15)26-4/h5,8-9,11,14H,6-7,10,12-13H2,1-4H3,(H,21,25). The Morgan fingerprint density at radius 3 is 2.96 bits per heavy atom. The van der Waals surface area contributed by atoms with E-state index < -0.39 is 0 Å². The summed E-state index contributed by atoms with van der Waals surface area (Å²) < 4.78 is 10.7. The third kappa shape index (κ3) is 4.78. The van der Waals surface area contributed by atoms with Crippen LogP contribution >= 0.6 is 0 Å². The molecule has 1 aromatic carbocycles. The molecule has 1 unspecified atom stereocenters. The number of nitrogens with zero attached hydrogens (tertiary/aromatic N) is 3. The van der Waals surface area contributed by atoms with Crippen molar-refractivity contribution in [2.24, 2.45) is 11.3 Å². The van der Waals surface area contributed by atoms with Crippen molar-refractivity contribution < 1.29 is 14.1 Å². The Bertz CT molecular complexity index is 782. The predicted octanol–water partition coefficient (Wildman–Crippen LogP) is 3.12. The van der Waals surface area contributed by atoms with Gasteiger partial charge in [-0.3, -0.25) is 4.79 Å².